The molecule has 1 heterocycles. The van der Waals surface area contributed by atoms with Gasteiger partial charge in [0.2, 0.25) is 0 Å². The number of benzene rings is 1. The Hall–Kier alpha value is -1.61. The highest BCUT2D eigenvalue weighted by Crippen LogP contribution is 2.22. The van der Waals surface area contributed by atoms with Crippen LogP contribution in [0.5, 0.6) is 0 Å². The van der Waals surface area contributed by atoms with E-state index in [0.29, 0.717) is 0 Å². The van der Waals surface area contributed by atoms with Crippen LogP contribution >= 0.6 is 0 Å². The van der Waals surface area contributed by atoms with Crippen molar-refractivity contribution in [1.29, 1.82) is 0 Å². The van der Waals surface area contributed by atoms with Crippen LogP contribution in [0.15, 0.2) is 24.3 Å². The quantitative estimate of drug-likeness (QED) is 0.880. The Morgan fingerprint density at radius 3 is 2.33 bits per heavy atom. The van der Waals surface area contributed by atoms with Gasteiger partial charge in [0.25, 0.3) is 0 Å². The SMILES string of the molecule is CCCc1ccc(C(O)CCc2c(C)nn(C)c2C)cc1. The maximum atomic E-state index is 10.4. The molecule has 114 valence electrons. The largest absolute Gasteiger partial charge is 0.388 e. The zero-order valence-electron chi connectivity index (χ0n) is 13.6. The molecule has 0 amide bonds. The molecule has 21 heavy (non-hydrogen) atoms. The zero-order chi connectivity index (χ0) is 15.4. The first-order valence-electron chi connectivity index (χ1n) is 7.79. The van der Waals surface area contributed by atoms with E-state index in [1.807, 2.05) is 18.7 Å². The smallest absolute Gasteiger partial charge is 0.0793 e. The third-order valence-corrected chi connectivity index (χ3v) is 4.23. The fourth-order valence-corrected chi connectivity index (χ4v) is 2.82. The molecular weight excluding hydrogens is 260 g/mol. The summed E-state index contributed by atoms with van der Waals surface area (Å²) in [6.45, 7) is 6.30. The van der Waals surface area contributed by atoms with Crippen LogP contribution in [0.3, 0.4) is 0 Å². The minimum absolute atomic E-state index is 0.403. The summed E-state index contributed by atoms with van der Waals surface area (Å²) in [5.41, 5.74) is 5.87. The molecule has 0 aliphatic carbocycles. The third-order valence-electron chi connectivity index (χ3n) is 4.23. The molecule has 2 aromatic rings. The van der Waals surface area contributed by atoms with Crippen LogP contribution in [0.4, 0.5) is 0 Å². The van der Waals surface area contributed by atoms with Crippen LogP contribution in [-0.2, 0) is 19.9 Å². The van der Waals surface area contributed by atoms with E-state index < -0.39 is 6.10 Å². The van der Waals surface area contributed by atoms with Crippen molar-refractivity contribution in [2.75, 3.05) is 0 Å². The highest BCUT2D eigenvalue weighted by atomic mass is 16.3. The van der Waals surface area contributed by atoms with Crippen molar-refractivity contribution >= 4 is 0 Å². The lowest BCUT2D eigenvalue weighted by Gasteiger charge is -2.12. The zero-order valence-corrected chi connectivity index (χ0v) is 13.6. The van der Waals surface area contributed by atoms with Crippen molar-refractivity contribution in [3.63, 3.8) is 0 Å². The van der Waals surface area contributed by atoms with Gasteiger partial charge < -0.3 is 5.11 Å². The van der Waals surface area contributed by atoms with Crippen LogP contribution in [0, 0.1) is 13.8 Å². The molecule has 1 atom stereocenters. The van der Waals surface area contributed by atoms with Gasteiger partial charge >= 0.3 is 0 Å². The fraction of sp³-hybridized carbons (Fsp3) is 0.500. The molecule has 0 bridgehead atoms. The highest BCUT2D eigenvalue weighted by Gasteiger charge is 2.13. The van der Waals surface area contributed by atoms with Gasteiger partial charge in [-0.1, -0.05) is 37.6 Å². The van der Waals surface area contributed by atoms with E-state index in [9.17, 15) is 5.11 Å². The summed E-state index contributed by atoms with van der Waals surface area (Å²) < 4.78 is 1.91. The van der Waals surface area contributed by atoms with Crippen LogP contribution in [0.2, 0.25) is 0 Å². The summed E-state index contributed by atoms with van der Waals surface area (Å²) >= 11 is 0. The second-order valence-corrected chi connectivity index (χ2v) is 5.82. The molecule has 3 heteroatoms. The number of hydrogen-bond donors (Lipinski definition) is 1. The molecule has 0 fully saturated rings. The van der Waals surface area contributed by atoms with Crippen LogP contribution in [0.25, 0.3) is 0 Å². The van der Waals surface area contributed by atoms with Crippen molar-refractivity contribution in [2.45, 2.75) is 52.6 Å². The lowest BCUT2D eigenvalue weighted by molar-refractivity contribution is 0.167. The number of aliphatic hydroxyl groups is 1. The van der Waals surface area contributed by atoms with Gasteiger partial charge in [0.15, 0.2) is 0 Å². The van der Waals surface area contributed by atoms with Gasteiger partial charge in [-0.25, -0.2) is 0 Å². The second kappa shape index (κ2) is 6.90. The Balaban J connectivity index is 1.99. The van der Waals surface area contributed by atoms with Gasteiger partial charge in [-0.05, 0) is 49.8 Å². The summed E-state index contributed by atoms with van der Waals surface area (Å²) in [4.78, 5) is 0. The van der Waals surface area contributed by atoms with E-state index >= 15 is 0 Å². The molecule has 0 radical (unpaired) electrons. The molecular formula is C18H26N2O. The Kier molecular flexibility index (Phi) is 5.18. The second-order valence-electron chi connectivity index (χ2n) is 5.82. The number of aryl methyl sites for hydroxylation is 3. The number of hydrogen-bond acceptors (Lipinski definition) is 2. The first kappa shape index (κ1) is 15.8. The molecule has 1 aromatic carbocycles. The summed E-state index contributed by atoms with van der Waals surface area (Å²) in [5, 5.41) is 14.8. The Labute approximate surface area is 127 Å². The van der Waals surface area contributed by atoms with Crippen molar-refractivity contribution < 1.29 is 5.11 Å². The molecule has 0 aliphatic rings. The van der Waals surface area contributed by atoms with Crippen molar-refractivity contribution in [3.8, 4) is 0 Å². The Bertz CT molecular complexity index is 584. The normalized spacial score (nSPS) is 12.6. The fourth-order valence-electron chi connectivity index (χ4n) is 2.82. The minimum Gasteiger partial charge on any atom is -0.388 e. The maximum Gasteiger partial charge on any atom is 0.0793 e. The lowest BCUT2D eigenvalue weighted by Crippen LogP contribution is -2.01. The van der Waals surface area contributed by atoms with Crippen molar-refractivity contribution in [1.82, 2.24) is 9.78 Å². The maximum absolute atomic E-state index is 10.4. The Morgan fingerprint density at radius 1 is 1.14 bits per heavy atom. The van der Waals surface area contributed by atoms with E-state index in [-0.39, 0.29) is 0 Å². The predicted molar refractivity (Wildman–Crippen MR) is 86.4 cm³/mol. The van der Waals surface area contributed by atoms with E-state index in [1.165, 1.54) is 16.8 Å². The lowest BCUT2D eigenvalue weighted by atomic mass is 9.99. The van der Waals surface area contributed by atoms with Gasteiger partial charge in [0, 0.05) is 12.7 Å². The van der Waals surface area contributed by atoms with Crippen molar-refractivity contribution in [3.05, 3.63) is 52.3 Å². The van der Waals surface area contributed by atoms with Gasteiger partial charge in [-0.2, -0.15) is 5.10 Å². The standard InChI is InChI=1S/C18H26N2O/c1-5-6-15-7-9-16(10-8-15)18(21)12-11-17-13(2)19-20(4)14(17)3/h7-10,18,21H,5-6,11-12H2,1-4H3. The first-order chi connectivity index (χ1) is 10.0. The number of rotatable bonds is 6. The number of aromatic nitrogens is 2. The summed E-state index contributed by atoms with van der Waals surface area (Å²) in [6, 6.07) is 8.36. The molecule has 0 saturated heterocycles. The van der Waals surface area contributed by atoms with Gasteiger partial charge in [-0.15, -0.1) is 0 Å². The van der Waals surface area contributed by atoms with Crippen molar-refractivity contribution in [2.24, 2.45) is 7.05 Å². The van der Waals surface area contributed by atoms with Crippen LogP contribution < -0.4 is 0 Å². The molecule has 0 aliphatic heterocycles. The predicted octanol–water partition coefficient (Wildman–Crippen LogP) is 3.66. The molecule has 3 nitrogen and oxygen atoms in total. The first-order valence-corrected chi connectivity index (χ1v) is 7.79. The Morgan fingerprint density at radius 2 is 1.81 bits per heavy atom. The van der Waals surface area contributed by atoms with Gasteiger partial charge in [0.05, 0.1) is 11.8 Å². The summed E-state index contributed by atoms with van der Waals surface area (Å²) in [5.74, 6) is 0. The van der Waals surface area contributed by atoms with Gasteiger partial charge in [-0.3, -0.25) is 4.68 Å². The average Bonchev–Trinajstić information content (AvgIpc) is 2.71. The molecule has 1 N–H and O–H groups in total. The number of aliphatic hydroxyl groups excluding tert-OH is 1. The third kappa shape index (κ3) is 3.73. The highest BCUT2D eigenvalue weighted by molar-refractivity contribution is 5.27. The average molecular weight is 286 g/mol. The van der Waals surface area contributed by atoms with Crippen LogP contribution in [0.1, 0.15) is 53.9 Å². The van der Waals surface area contributed by atoms with Gasteiger partial charge in [0.1, 0.15) is 0 Å². The topological polar surface area (TPSA) is 38.1 Å². The molecule has 2 rings (SSSR count). The van der Waals surface area contributed by atoms with E-state index in [4.69, 9.17) is 0 Å². The summed E-state index contributed by atoms with van der Waals surface area (Å²) in [7, 11) is 1.97. The van der Waals surface area contributed by atoms with E-state index in [0.717, 1.165) is 36.9 Å². The number of nitrogens with zero attached hydrogens (tertiary/aromatic N) is 2. The van der Waals surface area contributed by atoms with E-state index in [2.05, 4.69) is 43.2 Å². The molecule has 0 spiro atoms. The molecule has 1 aromatic heterocycles. The minimum atomic E-state index is -0.403. The van der Waals surface area contributed by atoms with Crippen LogP contribution in [-0.4, -0.2) is 14.9 Å². The molecule has 0 saturated carbocycles. The monoisotopic (exact) mass is 286 g/mol. The molecule has 1 unspecified atom stereocenters. The van der Waals surface area contributed by atoms with E-state index in [1.54, 1.807) is 0 Å². The summed E-state index contributed by atoms with van der Waals surface area (Å²) in [6.07, 6.45) is 3.45.